The Morgan fingerprint density at radius 3 is 2.34 bits per heavy atom. The van der Waals surface area contributed by atoms with E-state index >= 15 is 0 Å². The van der Waals surface area contributed by atoms with Gasteiger partial charge in [0.2, 0.25) is 12.2 Å². The second kappa shape index (κ2) is 10.2. The molecule has 0 bridgehead atoms. The van der Waals surface area contributed by atoms with Crippen LogP contribution in [0.25, 0.3) is 0 Å². The summed E-state index contributed by atoms with van der Waals surface area (Å²) in [5.41, 5.74) is 0.461. The van der Waals surface area contributed by atoms with E-state index in [2.05, 4.69) is 5.10 Å². The van der Waals surface area contributed by atoms with Gasteiger partial charge >= 0.3 is 0 Å². The molecule has 5 atom stereocenters. The van der Waals surface area contributed by atoms with E-state index in [4.69, 9.17) is 19.7 Å². The second-order valence-corrected chi connectivity index (χ2v) is 8.10. The molecule has 3 rings (SSSR count). The number of hydrogen-bond acceptors (Lipinski definition) is 8. The summed E-state index contributed by atoms with van der Waals surface area (Å²) < 4.78 is 52.1. The molecule has 0 unspecified atom stereocenters. The quantitative estimate of drug-likeness (QED) is 0.471. The average Bonchev–Trinajstić information content (AvgIpc) is 3.10. The first-order valence-corrected chi connectivity index (χ1v) is 10.3. The number of aliphatic hydroxyl groups excluding tert-OH is 4. The van der Waals surface area contributed by atoms with Crippen molar-refractivity contribution in [1.82, 2.24) is 9.78 Å². The third kappa shape index (κ3) is 5.24. The minimum atomic E-state index is -2.20. The minimum Gasteiger partial charge on any atom is -0.491 e. The molecule has 0 radical (unpaired) electrons. The van der Waals surface area contributed by atoms with Crippen LogP contribution in [0.4, 0.5) is 0 Å². The standard InChI is InChI=1S/C23H34N2O7/c1-12(2)25-14(5)17(10-15-6-8-16(9-7-15)30-13(3)4)22(24-25)32-23-21(29)20(28)19(27)18(11-26)31-23/h6-9,12-13,18-21,23,26-29H,10-11H2,1-5H3/t18-,19-,20+,21-,23+/m1/s1/i10D2,12D,13D. The van der Waals surface area contributed by atoms with E-state index in [0.717, 1.165) is 0 Å². The summed E-state index contributed by atoms with van der Waals surface area (Å²) in [7, 11) is 0. The highest BCUT2D eigenvalue weighted by molar-refractivity contribution is 5.38. The predicted octanol–water partition coefficient (Wildman–Crippen LogP) is 1.33. The third-order valence-electron chi connectivity index (χ3n) is 5.03. The summed E-state index contributed by atoms with van der Waals surface area (Å²) >= 11 is 0. The van der Waals surface area contributed by atoms with Gasteiger partial charge in [-0.05, 0) is 52.3 Å². The highest BCUT2D eigenvalue weighted by Gasteiger charge is 2.45. The lowest BCUT2D eigenvalue weighted by atomic mass is 9.99. The maximum absolute atomic E-state index is 10.4. The summed E-state index contributed by atoms with van der Waals surface area (Å²) in [6, 6.07) is 4.78. The van der Waals surface area contributed by atoms with Crippen LogP contribution in [0, 0.1) is 6.92 Å². The Labute approximate surface area is 193 Å². The molecule has 178 valence electrons. The Morgan fingerprint density at radius 2 is 1.78 bits per heavy atom. The van der Waals surface area contributed by atoms with Crippen molar-refractivity contribution in [3.8, 4) is 11.6 Å². The van der Waals surface area contributed by atoms with Gasteiger partial charge in [0.1, 0.15) is 30.2 Å². The SMILES string of the molecule is [2H]C(C)(C)Oc1ccc(C([2H])([2H])c2c(O[C@@H]3O[C@H](CO)[C@@H](O)[C@H](O)[C@H]3O)nn(C([2H])(C)C)c2C)cc1. The van der Waals surface area contributed by atoms with Gasteiger partial charge in [0.25, 0.3) is 0 Å². The number of benzene rings is 1. The lowest BCUT2D eigenvalue weighted by Crippen LogP contribution is -2.60. The van der Waals surface area contributed by atoms with Crippen LogP contribution in [-0.4, -0.2) is 73.6 Å². The van der Waals surface area contributed by atoms with Gasteiger partial charge in [-0.25, -0.2) is 0 Å². The molecule has 1 fully saturated rings. The minimum absolute atomic E-state index is 0.0331. The zero-order valence-electron chi connectivity index (χ0n) is 22.8. The molecule has 1 aliphatic heterocycles. The van der Waals surface area contributed by atoms with Crippen molar-refractivity contribution in [3.63, 3.8) is 0 Å². The van der Waals surface area contributed by atoms with Gasteiger partial charge in [-0.3, -0.25) is 4.68 Å². The van der Waals surface area contributed by atoms with E-state index in [1.807, 2.05) is 0 Å². The van der Waals surface area contributed by atoms with E-state index in [-0.39, 0.29) is 22.7 Å². The number of rotatable bonds is 8. The fourth-order valence-corrected chi connectivity index (χ4v) is 3.40. The van der Waals surface area contributed by atoms with E-state index in [1.54, 1.807) is 34.6 Å². The van der Waals surface area contributed by atoms with E-state index in [1.165, 1.54) is 28.9 Å². The van der Waals surface area contributed by atoms with Crippen molar-refractivity contribution in [3.05, 3.63) is 41.1 Å². The average molecular weight is 455 g/mol. The fraction of sp³-hybridized carbons (Fsp3) is 0.609. The van der Waals surface area contributed by atoms with E-state index in [0.29, 0.717) is 5.75 Å². The normalized spacial score (nSPS) is 29.0. The second-order valence-electron chi connectivity index (χ2n) is 8.10. The summed E-state index contributed by atoms with van der Waals surface area (Å²) in [4.78, 5) is 0. The molecule has 0 amide bonds. The monoisotopic (exact) mass is 454 g/mol. The van der Waals surface area contributed by atoms with Crippen LogP contribution in [0.2, 0.25) is 0 Å². The van der Waals surface area contributed by atoms with Gasteiger partial charge in [0, 0.05) is 26.4 Å². The Morgan fingerprint density at radius 1 is 1.12 bits per heavy atom. The highest BCUT2D eigenvalue weighted by atomic mass is 16.7. The van der Waals surface area contributed by atoms with E-state index in [9.17, 15) is 20.4 Å². The third-order valence-corrected chi connectivity index (χ3v) is 5.03. The molecule has 0 aliphatic carbocycles. The van der Waals surface area contributed by atoms with Crippen LogP contribution >= 0.6 is 0 Å². The molecular weight excluding hydrogens is 416 g/mol. The van der Waals surface area contributed by atoms with E-state index < -0.39 is 55.8 Å². The van der Waals surface area contributed by atoms with Gasteiger partial charge in [-0.1, -0.05) is 12.1 Å². The molecule has 9 nitrogen and oxygen atoms in total. The maximum Gasteiger partial charge on any atom is 0.239 e. The molecule has 1 aliphatic rings. The molecule has 2 aromatic rings. The molecule has 32 heavy (non-hydrogen) atoms. The Bertz CT molecular complexity index is 1050. The van der Waals surface area contributed by atoms with Crippen molar-refractivity contribution in [2.24, 2.45) is 0 Å². The molecule has 1 aromatic heterocycles. The zero-order chi connectivity index (χ0) is 27.2. The highest BCUT2D eigenvalue weighted by Crippen LogP contribution is 2.31. The summed E-state index contributed by atoms with van der Waals surface area (Å²) in [6.45, 7) is 7.18. The van der Waals surface area contributed by atoms with Gasteiger partial charge in [0.15, 0.2) is 0 Å². The lowest BCUT2D eigenvalue weighted by molar-refractivity contribution is -0.278. The predicted molar refractivity (Wildman–Crippen MR) is 117 cm³/mol. The molecule has 1 aromatic carbocycles. The Balaban J connectivity index is 2.04. The van der Waals surface area contributed by atoms with Crippen LogP contribution in [0.1, 0.15) is 56.0 Å². The molecule has 2 heterocycles. The molecule has 0 spiro atoms. The Hall–Kier alpha value is -2.17. The number of aliphatic hydroxyl groups is 4. The lowest BCUT2D eigenvalue weighted by Gasteiger charge is -2.39. The smallest absolute Gasteiger partial charge is 0.239 e. The zero-order valence-corrected chi connectivity index (χ0v) is 18.8. The van der Waals surface area contributed by atoms with Crippen molar-refractivity contribution in [2.45, 2.75) is 83.8 Å². The summed E-state index contributed by atoms with van der Waals surface area (Å²) in [5.74, 6) is 0.0989. The molecule has 0 saturated carbocycles. The maximum atomic E-state index is 10.4. The molecular formula is C23H34N2O7. The number of nitrogens with zero attached hydrogens (tertiary/aromatic N) is 2. The first kappa shape index (κ1) is 19.3. The topological polar surface area (TPSA) is 126 Å². The van der Waals surface area contributed by atoms with Crippen LogP contribution in [0.15, 0.2) is 24.3 Å². The van der Waals surface area contributed by atoms with Crippen molar-refractivity contribution in [1.29, 1.82) is 0 Å². The molecule has 9 heteroatoms. The van der Waals surface area contributed by atoms with Crippen LogP contribution in [-0.2, 0) is 11.1 Å². The first-order valence-electron chi connectivity index (χ1n) is 12.3. The number of aromatic nitrogens is 2. The summed E-state index contributed by atoms with van der Waals surface area (Å²) in [6.07, 6.45) is -11.2. The largest absolute Gasteiger partial charge is 0.491 e. The first-order chi connectivity index (χ1) is 16.5. The van der Waals surface area contributed by atoms with Crippen LogP contribution in [0.5, 0.6) is 11.6 Å². The summed E-state index contributed by atoms with van der Waals surface area (Å²) in [5, 5.41) is 44.3. The fourth-order valence-electron chi connectivity index (χ4n) is 3.40. The van der Waals surface area contributed by atoms with Crippen molar-refractivity contribution in [2.75, 3.05) is 6.61 Å². The van der Waals surface area contributed by atoms with Crippen LogP contribution in [0.3, 0.4) is 0 Å². The van der Waals surface area contributed by atoms with Gasteiger partial charge in [-0.15, -0.1) is 5.10 Å². The molecule has 4 N–H and O–H groups in total. The Kier molecular flexibility index (Phi) is 6.14. The van der Waals surface area contributed by atoms with Crippen LogP contribution < -0.4 is 9.47 Å². The van der Waals surface area contributed by atoms with Gasteiger partial charge in [0.05, 0.1) is 15.4 Å². The van der Waals surface area contributed by atoms with Crippen molar-refractivity contribution >= 4 is 0 Å². The molecule has 1 saturated heterocycles. The van der Waals surface area contributed by atoms with Gasteiger partial charge in [-0.2, -0.15) is 0 Å². The number of hydrogen-bond donors (Lipinski definition) is 4. The van der Waals surface area contributed by atoms with Gasteiger partial charge < -0.3 is 34.6 Å². The number of ether oxygens (including phenoxy) is 3. The van der Waals surface area contributed by atoms with Crippen molar-refractivity contribution < 1.29 is 40.1 Å².